The maximum absolute atomic E-state index is 12.2. The highest BCUT2D eigenvalue weighted by Gasteiger charge is 2.25. The molecule has 4 rings (SSSR count). The lowest BCUT2D eigenvalue weighted by Crippen LogP contribution is -2.27. The molecular formula is C24H28N4O2. The van der Waals surface area contributed by atoms with E-state index >= 15 is 0 Å². The molecule has 2 aromatic carbocycles. The summed E-state index contributed by atoms with van der Waals surface area (Å²) >= 11 is 0. The number of carbonyl (C=O) groups is 1. The van der Waals surface area contributed by atoms with Crippen LogP contribution in [0.25, 0.3) is 17.1 Å². The molecule has 1 heterocycles. The predicted molar refractivity (Wildman–Crippen MR) is 118 cm³/mol. The van der Waals surface area contributed by atoms with Crippen LogP contribution in [0.4, 0.5) is 5.69 Å². The van der Waals surface area contributed by atoms with Gasteiger partial charge in [0.2, 0.25) is 5.91 Å². The van der Waals surface area contributed by atoms with E-state index in [0.717, 1.165) is 47.6 Å². The van der Waals surface area contributed by atoms with Gasteiger partial charge in [-0.25, -0.2) is 4.68 Å². The van der Waals surface area contributed by atoms with Crippen molar-refractivity contribution in [2.75, 3.05) is 11.9 Å². The number of aromatic nitrogens is 3. The van der Waals surface area contributed by atoms with Gasteiger partial charge in [-0.3, -0.25) is 4.79 Å². The number of benzene rings is 2. The van der Waals surface area contributed by atoms with Crippen LogP contribution in [0.1, 0.15) is 38.7 Å². The monoisotopic (exact) mass is 404 g/mol. The minimum absolute atomic E-state index is 0.111. The normalized spacial score (nSPS) is 13.9. The summed E-state index contributed by atoms with van der Waals surface area (Å²) < 4.78 is 7.59. The molecule has 0 unspecified atom stereocenters. The van der Waals surface area contributed by atoms with Crippen LogP contribution in [0.2, 0.25) is 0 Å². The Morgan fingerprint density at radius 3 is 2.53 bits per heavy atom. The van der Waals surface area contributed by atoms with Crippen LogP contribution in [-0.2, 0) is 4.79 Å². The summed E-state index contributed by atoms with van der Waals surface area (Å²) in [7, 11) is 0. The summed E-state index contributed by atoms with van der Waals surface area (Å²) in [5.41, 5.74) is 3.78. The van der Waals surface area contributed by atoms with Crippen LogP contribution >= 0.6 is 0 Å². The minimum atomic E-state index is 0.111. The van der Waals surface area contributed by atoms with Crippen molar-refractivity contribution >= 4 is 11.6 Å². The van der Waals surface area contributed by atoms with Gasteiger partial charge >= 0.3 is 6.01 Å². The van der Waals surface area contributed by atoms with E-state index in [1.54, 1.807) is 4.68 Å². The third kappa shape index (κ3) is 4.37. The molecule has 1 amide bonds. The fourth-order valence-electron chi connectivity index (χ4n) is 3.37. The number of aryl methyl sites for hydroxylation is 1. The largest absolute Gasteiger partial charge is 0.462 e. The van der Waals surface area contributed by atoms with Gasteiger partial charge in [0.25, 0.3) is 0 Å². The molecule has 3 aromatic rings. The second-order valence-corrected chi connectivity index (χ2v) is 8.31. The Labute approximate surface area is 177 Å². The standard InChI is InChI=1S/C24H28N4O2/c1-16(2)15-30-24-26-22(21-10-5-4-7-17(21)3)28(27-24)20-13-11-19(12-14-20)25-23(29)18-8-6-9-18/h4-5,7,10-14,16,18H,6,8-9,15H2,1-3H3,(H,25,29). The quantitative estimate of drug-likeness (QED) is 0.601. The molecule has 1 saturated carbocycles. The topological polar surface area (TPSA) is 69.0 Å². The van der Waals surface area contributed by atoms with Gasteiger partial charge in [0.05, 0.1) is 12.3 Å². The number of carbonyl (C=O) groups excluding carboxylic acids is 1. The molecule has 156 valence electrons. The average molecular weight is 405 g/mol. The zero-order valence-corrected chi connectivity index (χ0v) is 17.8. The Morgan fingerprint density at radius 1 is 1.17 bits per heavy atom. The number of ether oxygens (including phenoxy) is 1. The van der Waals surface area contributed by atoms with Gasteiger partial charge in [0.15, 0.2) is 5.82 Å². The first-order chi connectivity index (χ1) is 14.5. The van der Waals surface area contributed by atoms with Crippen molar-refractivity contribution in [3.05, 3.63) is 54.1 Å². The van der Waals surface area contributed by atoms with Crippen LogP contribution in [0.3, 0.4) is 0 Å². The maximum atomic E-state index is 12.2. The lowest BCUT2D eigenvalue weighted by Gasteiger charge is -2.24. The van der Waals surface area contributed by atoms with E-state index in [1.807, 2.05) is 42.5 Å². The number of hydrogen-bond donors (Lipinski definition) is 1. The van der Waals surface area contributed by atoms with Crippen LogP contribution in [0.5, 0.6) is 6.01 Å². The molecule has 1 fully saturated rings. The molecule has 1 N–H and O–H groups in total. The average Bonchev–Trinajstić information content (AvgIpc) is 3.10. The number of anilines is 1. The van der Waals surface area contributed by atoms with Crippen LogP contribution in [0, 0.1) is 18.8 Å². The van der Waals surface area contributed by atoms with Gasteiger partial charge in [-0.1, -0.05) is 44.5 Å². The maximum Gasteiger partial charge on any atom is 0.336 e. The van der Waals surface area contributed by atoms with Crippen LogP contribution in [-0.4, -0.2) is 27.3 Å². The Kier molecular flexibility index (Phi) is 5.84. The van der Waals surface area contributed by atoms with Gasteiger partial charge in [0.1, 0.15) is 0 Å². The Balaban J connectivity index is 1.63. The van der Waals surface area contributed by atoms with E-state index < -0.39 is 0 Å². The Morgan fingerprint density at radius 2 is 1.90 bits per heavy atom. The zero-order valence-electron chi connectivity index (χ0n) is 17.8. The van der Waals surface area contributed by atoms with E-state index in [2.05, 4.69) is 42.2 Å². The van der Waals surface area contributed by atoms with E-state index in [-0.39, 0.29) is 11.8 Å². The Bertz CT molecular complexity index is 1020. The SMILES string of the molecule is Cc1ccccc1-c1nc(OCC(C)C)nn1-c1ccc(NC(=O)C2CCC2)cc1. The van der Waals surface area contributed by atoms with Crippen LogP contribution in [0.15, 0.2) is 48.5 Å². The first-order valence-electron chi connectivity index (χ1n) is 10.6. The van der Waals surface area contributed by atoms with E-state index in [9.17, 15) is 4.79 Å². The fraction of sp³-hybridized carbons (Fsp3) is 0.375. The number of hydrogen-bond acceptors (Lipinski definition) is 4. The van der Waals surface area contributed by atoms with Gasteiger partial charge in [-0.15, -0.1) is 5.10 Å². The first-order valence-corrected chi connectivity index (χ1v) is 10.6. The molecule has 1 aliphatic carbocycles. The summed E-state index contributed by atoms with van der Waals surface area (Å²) in [5, 5.41) is 7.61. The van der Waals surface area contributed by atoms with Crippen molar-refractivity contribution < 1.29 is 9.53 Å². The summed E-state index contributed by atoms with van der Waals surface area (Å²) in [6.07, 6.45) is 3.12. The van der Waals surface area contributed by atoms with Gasteiger partial charge < -0.3 is 10.1 Å². The van der Waals surface area contributed by atoms with E-state index in [4.69, 9.17) is 4.74 Å². The second kappa shape index (κ2) is 8.69. The molecule has 1 aliphatic rings. The molecular weight excluding hydrogens is 376 g/mol. The van der Waals surface area contributed by atoms with Gasteiger partial charge in [-0.05, 0) is 55.5 Å². The summed E-state index contributed by atoms with van der Waals surface area (Å²) in [4.78, 5) is 16.9. The van der Waals surface area contributed by atoms with Crippen molar-refractivity contribution in [3.63, 3.8) is 0 Å². The van der Waals surface area contributed by atoms with Gasteiger partial charge in [0, 0.05) is 17.2 Å². The lowest BCUT2D eigenvalue weighted by molar-refractivity contribution is -0.122. The molecule has 0 atom stereocenters. The lowest BCUT2D eigenvalue weighted by atomic mass is 9.85. The minimum Gasteiger partial charge on any atom is -0.462 e. The zero-order chi connectivity index (χ0) is 21.1. The number of amides is 1. The molecule has 0 radical (unpaired) electrons. The molecule has 0 spiro atoms. The van der Waals surface area contributed by atoms with Gasteiger partial charge in [-0.2, -0.15) is 4.98 Å². The molecule has 30 heavy (non-hydrogen) atoms. The number of rotatable bonds is 7. The van der Waals surface area contributed by atoms with Crippen molar-refractivity contribution in [2.24, 2.45) is 11.8 Å². The molecule has 0 aliphatic heterocycles. The molecule has 6 nitrogen and oxygen atoms in total. The van der Waals surface area contributed by atoms with E-state index in [0.29, 0.717) is 18.5 Å². The van der Waals surface area contributed by atoms with E-state index in [1.165, 1.54) is 0 Å². The summed E-state index contributed by atoms with van der Waals surface area (Å²) in [5.74, 6) is 1.39. The summed E-state index contributed by atoms with van der Waals surface area (Å²) in [6.45, 7) is 6.80. The summed E-state index contributed by atoms with van der Waals surface area (Å²) in [6, 6.07) is 16.2. The Hall–Kier alpha value is -3.15. The number of nitrogens with zero attached hydrogens (tertiary/aromatic N) is 3. The highest BCUT2D eigenvalue weighted by atomic mass is 16.5. The predicted octanol–water partition coefficient (Wildman–Crippen LogP) is 5.02. The number of nitrogens with one attached hydrogen (secondary N) is 1. The molecule has 0 bridgehead atoms. The third-order valence-electron chi connectivity index (χ3n) is 5.37. The fourth-order valence-corrected chi connectivity index (χ4v) is 3.37. The van der Waals surface area contributed by atoms with Crippen molar-refractivity contribution in [3.8, 4) is 23.1 Å². The molecule has 0 saturated heterocycles. The van der Waals surface area contributed by atoms with Crippen LogP contribution < -0.4 is 10.1 Å². The van der Waals surface area contributed by atoms with Crippen molar-refractivity contribution in [1.29, 1.82) is 0 Å². The molecule has 6 heteroatoms. The smallest absolute Gasteiger partial charge is 0.336 e. The third-order valence-corrected chi connectivity index (χ3v) is 5.37. The second-order valence-electron chi connectivity index (χ2n) is 8.31. The first kappa shape index (κ1) is 20.1. The highest BCUT2D eigenvalue weighted by molar-refractivity contribution is 5.93. The highest BCUT2D eigenvalue weighted by Crippen LogP contribution is 2.29. The molecule has 1 aromatic heterocycles. The van der Waals surface area contributed by atoms with Crippen molar-refractivity contribution in [2.45, 2.75) is 40.0 Å². The van der Waals surface area contributed by atoms with Crippen molar-refractivity contribution in [1.82, 2.24) is 14.8 Å².